The Hall–Kier alpha value is -3.76. The topological polar surface area (TPSA) is 110 Å². The molecule has 36 heavy (non-hydrogen) atoms. The van der Waals surface area contributed by atoms with Crippen LogP contribution in [0.1, 0.15) is 22.3 Å². The van der Waals surface area contributed by atoms with Crippen LogP contribution in [0.5, 0.6) is 5.75 Å². The molecule has 0 bridgehead atoms. The Balaban J connectivity index is 1.64. The molecule has 1 aliphatic rings. The maximum Gasteiger partial charge on any atom is 0.339 e. The Morgan fingerprint density at radius 1 is 0.944 bits per heavy atom. The molecule has 184 valence electrons. The summed E-state index contributed by atoms with van der Waals surface area (Å²) >= 11 is 3.29. The first-order valence-electron chi connectivity index (χ1n) is 10.8. The molecule has 0 saturated carbocycles. The Morgan fingerprint density at radius 2 is 1.64 bits per heavy atom. The van der Waals surface area contributed by atoms with Crippen LogP contribution in [-0.4, -0.2) is 26.3 Å². The highest BCUT2D eigenvalue weighted by Gasteiger charge is 2.37. The number of carbonyl (C=O) groups excluding carboxylic acids is 3. The van der Waals surface area contributed by atoms with E-state index in [2.05, 4.69) is 21.2 Å². The van der Waals surface area contributed by atoms with Gasteiger partial charge in [0, 0.05) is 0 Å². The average molecular weight is 569 g/mol. The summed E-state index contributed by atoms with van der Waals surface area (Å²) in [6, 6.07) is 15.0. The van der Waals surface area contributed by atoms with Gasteiger partial charge in [0.25, 0.3) is 11.8 Å². The van der Waals surface area contributed by atoms with E-state index in [9.17, 15) is 22.8 Å². The molecule has 3 aromatic carbocycles. The minimum Gasteiger partial charge on any atom is -0.378 e. The summed E-state index contributed by atoms with van der Waals surface area (Å²) in [5.74, 6) is -1.56. The zero-order chi connectivity index (χ0) is 26.2. The molecule has 1 saturated heterocycles. The minimum absolute atomic E-state index is 0.00636. The SMILES string of the molecule is Cc1ccc(S(=O)(=O)Oc2ccc(/C=C3\C(=O)NC(=O)N(c4cccc(C)c4C)C3=O)cc2Br)cc1. The van der Waals surface area contributed by atoms with Crippen LogP contribution in [0.15, 0.2) is 75.6 Å². The van der Waals surface area contributed by atoms with Crippen LogP contribution in [0.2, 0.25) is 0 Å². The predicted octanol–water partition coefficient (Wildman–Crippen LogP) is 4.81. The normalized spacial score (nSPS) is 15.3. The Bertz CT molecular complexity index is 1550. The number of barbiturate groups is 1. The van der Waals surface area contributed by atoms with Gasteiger partial charge in [0.2, 0.25) is 0 Å². The number of benzene rings is 3. The molecule has 0 spiro atoms. The Labute approximate surface area is 216 Å². The number of amides is 4. The Morgan fingerprint density at radius 3 is 2.31 bits per heavy atom. The Kier molecular flexibility index (Phi) is 6.83. The second kappa shape index (κ2) is 9.71. The van der Waals surface area contributed by atoms with Crippen LogP contribution in [0, 0.1) is 20.8 Å². The first-order valence-corrected chi connectivity index (χ1v) is 13.0. The molecule has 0 aliphatic carbocycles. The lowest BCUT2D eigenvalue weighted by Gasteiger charge is -2.28. The fourth-order valence-electron chi connectivity index (χ4n) is 3.57. The third kappa shape index (κ3) is 4.95. The molecule has 0 atom stereocenters. The van der Waals surface area contributed by atoms with E-state index in [1.807, 2.05) is 19.9 Å². The second-order valence-corrected chi connectivity index (χ2v) is 10.6. The lowest BCUT2D eigenvalue weighted by molar-refractivity contribution is -0.122. The maximum absolute atomic E-state index is 13.2. The molecule has 0 aromatic heterocycles. The van der Waals surface area contributed by atoms with Crippen LogP contribution < -0.4 is 14.4 Å². The molecular formula is C26H21BrN2O6S. The number of rotatable bonds is 5. The zero-order valence-corrected chi connectivity index (χ0v) is 21.9. The summed E-state index contributed by atoms with van der Waals surface area (Å²) in [4.78, 5) is 39.1. The molecule has 3 aromatic rings. The average Bonchev–Trinajstić information content (AvgIpc) is 2.81. The van der Waals surface area contributed by atoms with E-state index >= 15 is 0 Å². The van der Waals surface area contributed by atoms with Gasteiger partial charge in [-0.15, -0.1) is 0 Å². The van der Waals surface area contributed by atoms with Crippen molar-refractivity contribution in [1.29, 1.82) is 0 Å². The fourth-order valence-corrected chi connectivity index (χ4v) is 5.10. The van der Waals surface area contributed by atoms with E-state index in [1.165, 1.54) is 36.4 Å². The number of halogens is 1. The number of hydrogen-bond donors (Lipinski definition) is 1. The fraction of sp³-hybridized carbons (Fsp3) is 0.115. The molecule has 10 heteroatoms. The van der Waals surface area contributed by atoms with E-state index < -0.39 is 28.0 Å². The molecule has 4 rings (SSSR count). The van der Waals surface area contributed by atoms with Crippen molar-refractivity contribution in [2.75, 3.05) is 4.90 Å². The molecule has 8 nitrogen and oxygen atoms in total. The van der Waals surface area contributed by atoms with Crippen molar-refractivity contribution < 1.29 is 27.0 Å². The van der Waals surface area contributed by atoms with E-state index in [-0.39, 0.29) is 16.2 Å². The van der Waals surface area contributed by atoms with Gasteiger partial charge in [0.05, 0.1) is 10.2 Å². The third-order valence-corrected chi connectivity index (χ3v) is 7.56. The van der Waals surface area contributed by atoms with Gasteiger partial charge in [-0.2, -0.15) is 8.42 Å². The lowest BCUT2D eigenvalue weighted by Crippen LogP contribution is -2.54. The summed E-state index contributed by atoms with van der Waals surface area (Å²) in [5, 5.41) is 2.20. The van der Waals surface area contributed by atoms with Crippen LogP contribution >= 0.6 is 15.9 Å². The molecule has 1 heterocycles. The number of aryl methyl sites for hydroxylation is 2. The first-order chi connectivity index (χ1) is 17.0. The van der Waals surface area contributed by atoms with Crippen LogP contribution in [0.25, 0.3) is 6.08 Å². The number of anilines is 1. The standard InChI is InChI=1S/C26H21BrN2O6S/c1-15-7-10-19(11-8-15)36(33,34)35-23-12-9-18(14-21(23)27)13-20-24(30)28-26(32)29(25(20)31)22-6-4-5-16(2)17(22)3/h4-14H,1-3H3,(H,28,30,32)/b20-13+. The molecule has 1 aliphatic heterocycles. The summed E-state index contributed by atoms with van der Waals surface area (Å²) in [6.07, 6.45) is 1.32. The summed E-state index contributed by atoms with van der Waals surface area (Å²) < 4.78 is 30.8. The molecule has 0 radical (unpaired) electrons. The zero-order valence-electron chi connectivity index (χ0n) is 19.5. The number of imide groups is 2. The molecule has 4 amide bonds. The summed E-state index contributed by atoms with van der Waals surface area (Å²) in [5.41, 5.74) is 3.07. The van der Waals surface area contributed by atoms with E-state index in [0.29, 0.717) is 15.7 Å². The van der Waals surface area contributed by atoms with Gasteiger partial charge in [0.15, 0.2) is 5.75 Å². The van der Waals surface area contributed by atoms with E-state index in [4.69, 9.17) is 4.18 Å². The molecular weight excluding hydrogens is 548 g/mol. The van der Waals surface area contributed by atoms with Crippen LogP contribution in [0.3, 0.4) is 0 Å². The second-order valence-electron chi connectivity index (χ2n) is 8.22. The van der Waals surface area contributed by atoms with Gasteiger partial charge >= 0.3 is 16.1 Å². The van der Waals surface area contributed by atoms with Crippen LogP contribution in [0.4, 0.5) is 10.5 Å². The summed E-state index contributed by atoms with van der Waals surface area (Å²) in [6.45, 7) is 5.48. The number of nitrogens with one attached hydrogen (secondary N) is 1. The van der Waals surface area contributed by atoms with Crippen molar-refractivity contribution in [3.05, 3.63) is 93.0 Å². The van der Waals surface area contributed by atoms with Crippen molar-refractivity contribution in [2.24, 2.45) is 0 Å². The molecule has 1 fully saturated rings. The highest BCUT2D eigenvalue weighted by molar-refractivity contribution is 9.10. The van der Waals surface area contributed by atoms with Gasteiger partial charge in [-0.25, -0.2) is 9.69 Å². The number of hydrogen-bond acceptors (Lipinski definition) is 6. The first kappa shape index (κ1) is 25.3. The van der Waals surface area contributed by atoms with Gasteiger partial charge < -0.3 is 4.18 Å². The van der Waals surface area contributed by atoms with Gasteiger partial charge in [0.1, 0.15) is 10.5 Å². The lowest BCUT2D eigenvalue weighted by atomic mass is 10.0. The third-order valence-electron chi connectivity index (χ3n) is 5.69. The summed E-state index contributed by atoms with van der Waals surface area (Å²) in [7, 11) is -4.07. The van der Waals surface area contributed by atoms with Crippen molar-refractivity contribution in [2.45, 2.75) is 25.7 Å². The van der Waals surface area contributed by atoms with Gasteiger partial charge in [-0.05, 0) is 89.8 Å². The van der Waals surface area contributed by atoms with Gasteiger partial charge in [-0.3, -0.25) is 14.9 Å². The number of urea groups is 1. The number of nitrogens with zero attached hydrogens (tertiary/aromatic N) is 1. The van der Waals surface area contributed by atoms with Crippen LogP contribution in [-0.2, 0) is 19.7 Å². The van der Waals surface area contributed by atoms with E-state index in [0.717, 1.165) is 21.6 Å². The van der Waals surface area contributed by atoms with Gasteiger partial charge in [-0.1, -0.05) is 35.9 Å². The predicted molar refractivity (Wildman–Crippen MR) is 138 cm³/mol. The minimum atomic E-state index is -4.07. The molecule has 0 unspecified atom stereocenters. The smallest absolute Gasteiger partial charge is 0.339 e. The largest absolute Gasteiger partial charge is 0.378 e. The van der Waals surface area contributed by atoms with E-state index in [1.54, 1.807) is 31.2 Å². The van der Waals surface area contributed by atoms with Crippen molar-refractivity contribution >= 4 is 55.7 Å². The quantitative estimate of drug-likeness (QED) is 0.269. The van der Waals surface area contributed by atoms with Crippen molar-refractivity contribution in [1.82, 2.24) is 5.32 Å². The maximum atomic E-state index is 13.2. The molecule has 1 N–H and O–H groups in total. The number of carbonyl (C=O) groups is 3. The highest BCUT2D eigenvalue weighted by atomic mass is 79.9. The van der Waals surface area contributed by atoms with Crippen molar-refractivity contribution in [3.63, 3.8) is 0 Å². The van der Waals surface area contributed by atoms with Crippen molar-refractivity contribution in [3.8, 4) is 5.75 Å². The monoisotopic (exact) mass is 568 g/mol. The highest BCUT2D eigenvalue weighted by Crippen LogP contribution is 2.31.